The van der Waals surface area contributed by atoms with E-state index < -0.39 is 0 Å². The lowest BCUT2D eigenvalue weighted by atomic mass is 10.4. The van der Waals surface area contributed by atoms with Crippen LogP contribution in [0.3, 0.4) is 0 Å². The maximum Gasteiger partial charge on any atom is 0.271 e. The van der Waals surface area contributed by atoms with Gasteiger partial charge in [-0.2, -0.15) is 0 Å². The summed E-state index contributed by atoms with van der Waals surface area (Å²) in [5, 5.41) is 2.80. The highest BCUT2D eigenvalue weighted by atomic mass is 32.2. The summed E-state index contributed by atoms with van der Waals surface area (Å²) >= 11 is 2.82. The molecule has 4 heterocycles. The van der Waals surface area contributed by atoms with E-state index in [4.69, 9.17) is 4.42 Å². The number of carbonyl (C=O) groups excluding carboxylic acids is 1. The van der Waals surface area contributed by atoms with Crippen LogP contribution in [-0.4, -0.2) is 21.2 Å². The van der Waals surface area contributed by atoms with Crippen molar-refractivity contribution in [1.29, 1.82) is 0 Å². The minimum Gasteiger partial charge on any atom is -0.467 e. The van der Waals surface area contributed by atoms with Crippen molar-refractivity contribution < 1.29 is 9.21 Å². The van der Waals surface area contributed by atoms with Crippen molar-refractivity contribution in [1.82, 2.24) is 9.55 Å². The van der Waals surface area contributed by atoms with E-state index in [2.05, 4.69) is 10.3 Å². The van der Waals surface area contributed by atoms with Crippen LogP contribution in [0.15, 0.2) is 38.1 Å². The largest absolute Gasteiger partial charge is 0.467 e. The summed E-state index contributed by atoms with van der Waals surface area (Å²) in [6.45, 7) is 0.344. The Hall–Kier alpha value is -2.06. The van der Waals surface area contributed by atoms with E-state index in [1.165, 1.54) is 34.0 Å². The molecular weight excluding hydrogens is 310 g/mol. The maximum absolute atomic E-state index is 12.5. The normalized spacial score (nSPS) is 14.2. The van der Waals surface area contributed by atoms with Crippen LogP contribution in [0.1, 0.15) is 5.76 Å². The minimum atomic E-state index is -0.120. The van der Waals surface area contributed by atoms with Crippen molar-refractivity contribution in [3.8, 4) is 0 Å². The summed E-state index contributed by atoms with van der Waals surface area (Å²) < 4.78 is 8.26. The molecule has 21 heavy (non-hydrogen) atoms. The Morgan fingerprint density at radius 2 is 2.33 bits per heavy atom. The van der Waals surface area contributed by atoms with Crippen LogP contribution in [0.2, 0.25) is 0 Å². The molecule has 0 fully saturated rings. The summed E-state index contributed by atoms with van der Waals surface area (Å²) in [6.07, 6.45) is 3.06. The standard InChI is InChI=1S/C13H9N3O3S2/c17-8-5-20-13-10(15-8)9-11(21-13)12(18)16(6-14-9)4-7-2-1-3-19-7/h1-3,6H,4-5H2,(H,15,17). The third-order valence-electron chi connectivity index (χ3n) is 3.14. The number of nitrogens with zero attached hydrogens (tertiary/aromatic N) is 2. The molecule has 1 N–H and O–H groups in total. The van der Waals surface area contributed by atoms with Crippen LogP contribution < -0.4 is 10.9 Å². The van der Waals surface area contributed by atoms with Gasteiger partial charge in [0.05, 0.1) is 34.8 Å². The zero-order valence-corrected chi connectivity index (χ0v) is 12.3. The van der Waals surface area contributed by atoms with E-state index >= 15 is 0 Å². The van der Waals surface area contributed by atoms with Crippen molar-refractivity contribution in [2.75, 3.05) is 11.1 Å². The fourth-order valence-electron chi connectivity index (χ4n) is 2.18. The third kappa shape index (κ3) is 2.07. The second kappa shape index (κ2) is 4.74. The van der Waals surface area contributed by atoms with Crippen molar-refractivity contribution in [3.05, 3.63) is 40.8 Å². The number of hydrogen-bond donors (Lipinski definition) is 1. The number of amides is 1. The highest BCUT2D eigenvalue weighted by molar-refractivity contribution is 8.02. The van der Waals surface area contributed by atoms with Gasteiger partial charge in [0.15, 0.2) is 0 Å². The SMILES string of the molecule is O=C1CSc2sc3c(=O)n(Cc4ccco4)cnc3c2N1. The summed E-state index contributed by atoms with van der Waals surface area (Å²) in [5.41, 5.74) is 1.11. The fourth-order valence-corrected chi connectivity index (χ4v) is 4.36. The van der Waals surface area contributed by atoms with Gasteiger partial charge in [-0.1, -0.05) is 0 Å². The summed E-state index contributed by atoms with van der Waals surface area (Å²) in [4.78, 5) is 28.3. The molecule has 1 aliphatic rings. The molecule has 1 amide bonds. The number of hydrogen-bond acceptors (Lipinski definition) is 6. The predicted octanol–water partition coefficient (Wildman–Crippen LogP) is 2.14. The molecule has 0 aliphatic carbocycles. The molecule has 0 radical (unpaired) electrons. The van der Waals surface area contributed by atoms with E-state index in [1.54, 1.807) is 12.3 Å². The summed E-state index contributed by atoms with van der Waals surface area (Å²) in [6, 6.07) is 3.59. The molecule has 1 aliphatic heterocycles. The molecule has 3 aromatic rings. The van der Waals surface area contributed by atoms with Gasteiger partial charge >= 0.3 is 0 Å². The predicted molar refractivity (Wildman–Crippen MR) is 81.0 cm³/mol. The first-order valence-corrected chi connectivity index (χ1v) is 7.99. The summed E-state index contributed by atoms with van der Waals surface area (Å²) in [7, 11) is 0. The number of carbonyl (C=O) groups is 1. The number of furan rings is 1. The van der Waals surface area contributed by atoms with Crippen LogP contribution in [0.5, 0.6) is 0 Å². The van der Waals surface area contributed by atoms with Gasteiger partial charge < -0.3 is 9.73 Å². The van der Waals surface area contributed by atoms with E-state index in [0.717, 1.165) is 4.21 Å². The molecule has 8 heteroatoms. The Morgan fingerprint density at radius 3 is 3.14 bits per heavy atom. The monoisotopic (exact) mass is 319 g/mol. The Labute approximate surface area is 126 Å². The molecule has 6 nitrogen and oxygen atoms in total. The lowest BCUT2D eigenvalue weighted by Crippen LogP contribution is -2.21. The minimum absolute atomic E-state index is 0.0613. The van der Waals surface area contributed by atoms with Gasteiger partial charge in [0.1, 0.15) is 16.0 Å². The second-order valence-electron chi connectivity index (χ2n) is 4.54. The van der Waals surface area contributed by atoms with Crippen molar-refractivity contribution in [3.63, 3.8) is 0 Å². The molecule has 0 aromatic carbocycles. The first-order chi connectivity index (χ1) is 10.2. The topological polar surface area (TPSA) is 77.1 Å². The quantitative estimate of drug-likeness (QED) is 0.783. The number of anilines is 1. The number of thiophene rings is 1. The molecule has 4 rings (SSSR count). The Morgan fingerprint density at radius 1 is 1.43 bits per heavy atom. The van der Waals surface area contributed by atoms with Crippen molar-refractivity contribution in [2.45, 2.75) is 10.8 Å². The van der Waals surface area contributed by atoms with Crippen LogP contribution in [0, 0.1) is 0 Å². The lowest BCUT2D eigenvalue weighted by molar-refractivity contribution is -0.113. The van der Waals surface area contributed by atoms with Crippen LogP contribution >= 0.6 is 23.1 Å². The molecule has 0 saturated carbocycles. The maximum atomic E-state index is 12.5. The zero-order chi connectivity index (χ0) is 14.4. The average Bonchev–Trinajstić information content (AvgIpc) is 3.09. The Bertz CT molecular complexity index is 895. The fraction of sp³-hybridized carbons (Fsp3) is 0.154. The van der Waals surface area contributed by atoms with Crippen LogP contribution in [-0.2, 0) is 11.3 Å². The zero-order valence-electron chi connectivity index (χ0n) is 10.7. The van der Waals surface area contributed by atoms with Crippen molar-refractivity contribution >= 4 is 44.9 Å². The van der Waals surface area contributed by atoms with Gasteiger partial charge in [-0.3, -0.25) is 14.2 Å². The third-order valence-corrected chi connectivity index (χ3v) is 5.58. The van der Waals surface area contributed by atoms with Gasteiger partial charge in [0, 0.05) is 0 Å². The Balaban J connectivity index is 1.84. The first-order valence-electron chi connectivity index (χ1n) is 6.19. The average molecular weight is 319 g/mol. The number of thioether (sulfide) groups is 1. The number of nitrogens with one attached hydrogen (secondary N) is 1. The highest BCUT2D eigenvalue weighted by Crippen LogP contribution is 2.42. The van der Waals surface area contributed by atoms with Gasteiger partial charge in [-0.05, 0) is 12.1 Å². The highest BCUT2D eigenvalue weighted by Gasteiger charge is 2.23. The van der Waals surface area contributed by atoms with E-state index in [-0.39, 0.29) is 11.5 Å². The van der Waals surface area contributed by atoms with E-state index in [9.17, 15) is 9.59 Å². The van der Waals surface area contributed by atoms with Gasteiger partial charge in [-0.25, -0.2) is 4.98 Å². The number of rotatable bonds is 2. The molecule has 0 unspecified atom stereocenters. The molecule has 0 spiro atoms. The van der Waals surface area contributed by atoms with Crippen LogP contribution in [0.25, 0.3) is 10.2 Å². The number of aromatic nitrogens is 2. The smallest absolute Gasteiger partial charge is 0.271 e. The molecule has 0 saturated heterocycles. The molecule has 0 bridgehead atoms. The molecule has 106 valence electrons. The Kier molecular flexibility index (Phi) is 2.86. The molecule has 3 aromatic heterocycles. The first kappa shape index (κ1) is 12.7. The second-order valence-corrected chi connectivity index (χ2v) is 6.80. The van der Waals surface area contributed by atoms with Gasteiger partial charge in [0.2, 0.25) is 5.91 Å². The lowest BCUT2D eigenvalue weighted by Gasteiger charge is -2.11. The van der Waals surface area contributed by atoms with Gasteiger partial charge in [-0.15, -0.1) is 23.1 Å². The molecule has 0 atom stereocenters. The summed E-state index contributed by atoms with van der Waals surface area (Å²) in [5.74, 6) is 1.01. The van der Waals surface area contributed by atoms with Gasteiger partial charge in [0.25, 0.3) is 5.56 Å². The van der Waals surface area contributed by atoms with E-state index in [0.29, 0.717) is 34.0 Å². The van der Waals surface area contributed by atoms with E-state index in [1.807, 2.05) is 6.07 Å². The van der Waals surface area contributed by atoms with Crippen molar-refractivity contribution in [2.24, 2.45) is 0 Å². The number of fused-ring (bicyclic) bond motifs is 3. The molecular formula is C13H9N3O3S2. The van der Waals surface area contributed by atoms with Crippen LogP contribution in [0.4, 0.5) is 5.69 Å².